The Labute approximate surface area is 121 Å². The number of carbonyl (C=O) groups excluding carboxylic acids is 2. The standard InChI is InChI=1S/C13H19N3O3S/c1-8(2)5-10-12(18)16(4-3-11(17)15-10)6-9-7-20-13(19)14-9/h7-8,10H,3-6H2,1-2H3,(H,14,19)(H,15,17). The zero-order valence-electron chi connectivity index (χ0n) is 11.6. The summed E-state index contributed by atoms with van der Waals surface area (Å²) in [7, 11) is 0. The van der Waals surface area contributed by atoms with Crippen molar-refractivity contribution in [2.45, 2.75) is 39.3 Å². The second-order valence-corrected chi connectivity index (χ2v) is 6.28. The number of hydrogen-bond donors (Lipinski definition) is 2. The molecule has 1 saturated heterocycles. The molecule has 0 radical (unpaired) electrons. The maximum atomic E-state index is 12.5. The zero-order chi connectivity index (χ0) is 14.7. The number of H-pyrrole nitrogens is 1. The summed E-state index contributed by atoms with van der Waals surface area (Å²) in [5, 5.41) is 4.50. The van der Waals surface area contributed by atoms with Gasteiger partial charge in [-0.1, -0.05) is 25.2 Å². The third-order valence-electron chi connectivity index (χ3n) is 3.19. The van der Waals surface area contributed by atoms with Gasteiger partial charge in [-0.15, -0.1) is 0 Å². The molecule has 0 saturated carbocycles. The number of hydrogen-bond acceptors (Lipinski definition) is 4. The Morgan fingerprint density at radius 1 is 1.40 bits per heavy atom. The highest BCUT2D eigenvalue weighted by Crippen LogP contribution is 2.14. The Morgan fingerprint density at radius 3 is 2.75 bits per heavy atom. The van der Waals surface area contributed by atoms with E-state index in [2.05, 4.69) is 10.3 Å². The molecule has 110 valence electrons. The summed E-state index contributed by atoms with van der Waals surface area (Å²) in [6, 6.07) is -0.463. The van der Waals surface area contributed by atoms with Crippen molar-refractivity contribution in [3.8, 4) is 0 Å². The van der Waals surface area contributed by atoms with Crippen molar-refractivity contribution in [1.29, 1.82) is 0 Å². The van der Waals surface area contributed by atoms with Gasteiger partial charge in [-0.3, -0.25) is 14.4 Å². The van der Waals surface area contributed by atoms with Crippen molar-refractivity contribution in [3.05, 3.63) is 20.7 Å². The maximum absolute atomic E-state index is 12.5. The Balaban J connectivity index is 2.12. The summed E-state index contributed by atoms with van der Waals surface area (Å²) in [4.78, 5) is 39.5. The minimum Gasteiger partial charge on any atom is -0.344 e. The molecule has 1 atom stereocenters. The SMILES string of the molecule is CC(C)CC1NC(=O)CCN(Cc2csc(=O)[nH]2)C1=O. The predicted molar refractivity (Wildman–Crippen MR) is 76.4 cm³/mol. The molecule has 1 fully saturated rings. The third kappa shape index (κ3) is 3.69. The molecule has 0 spiro atoms. The molecule has 0 aromatic carbocycles. The molecule has 2 amide bonds. The van der Waals surface area contributed by atoms with Crippen LogP contribution in [0.15, 0.2) is 10.2 Å². The number of nitrogens with one attached hydrogen (secondary N) is 2. The van der Waals surface area contributed by atoms with Crippen LogP contribution in [-0.4, -0.2) is 34.3 Å². The van der Waals surface area contributed by atoms with Gasteiger partial charge in [-0.2, -0.15) is 0 Å². The van der Waals surface area contributed by atoms with Crippen molar-refractivity contribution >= 4 is 23.2 Å². The molecule has 7 heteroatoms. The van der Waals surface area contributed by atoms with Crippen molar-refractivity contribution in [1.82, 2.24) is 15.2 Å². The molecular weight excluding hydrogens is 278 g/mol. The number of nitrogens with zero attached hydrogens (tertiary/aromatic N) is 1. The summed E-state index contributed by atoms with van der Waals surface area (Å²) in [6.45, 7) is 4.77. The largest absolute Gasteiger partial charge is 0.344 e. The third-order valence-corrected chi connectivity index (χ3v) is 3.91. The fourth-order valence-corrected chi connectivity index (χ4v) is 2.85. The van der Waals surface area contributed by atoms with Gasteiger partial charge in [0.25, 0.3) is 0 Å². The monoisotopic (exact) mass is 297 g/mol. The van der Waals surface area contributed by atoms with Gasteiger partial charge >= 0.3 is 4.87 Å². The molecule has 1 aliphatic rings. The molecule has 0 aliphatic carbocycles. The molecule has 6 nitrogen and oxygen atoms in total. The number of carbonyl (C=O) groups is 2. The maximum Gasteiger partial charge on any atom is 0.304 e. The van der Waals surface area contributed by atoms with E-state index in [0.717, 1.165) is 11.3 Å². The van der Waals surface area contributed by atoms with Crippen LogP contribution in [-0.2, 0) is 16.1 Å². The van der Waals surface area contributed by atoms with Crippen molar-refractivity contribution < 1.29 is 9.59 Å². The molecule has 0 bridgehead atoms. The fourth-order valence-electron chi connectivity index (χ4n) is 2.28. The molecule has 2 rings (SSSR count). The Hall–Kier alpha value is -1.63. The van der Waals surface area contributed by atoms with Gasteiger partial charge in [-0.05, 0) is 12.3 Å². The normalized spacial score (nSPS) is 20.1. The first-order valence-electron chi connectivity index (χ1n) is 6.70. The lowest BCUT2D eigenvalue weighted by Gasteiger charge is -2.24. The van der Waals surface area contributed by atoms with Crippen LogP contribution in [0.5, 0.6) is 0 Å². The van der Waals surface area contributed by atoms with Gasteiger partial charge in [0.15, 0.2) is 0 Å². The van der Waals surface area contributed by atoms with E-state index in [4.69, 9.17) is 0 Å². The Morgan fingerprint density at radius 2 is 2.15 bits per heavy atom. The lowest BCUT2D eigenvalue weighted by molar-refractivity contribution is -0.134. The number of aromatic amines is 1. The summed E-state index contributed by atoms with van der Waals surface area (Å²) in [6.07, 6.45) is 0.927. The summed E-state index contributed by atoms with van der Waals surface area (Å²) >= 11 is 1.08. The summed E-state index contributed by atoms with van der Waals surface area (Å²) < 4.78 is 0. The van der Waals surface area contributed by atoms with E-state index in [0.29, 0.717) is 37.5 Å². The highest BCUT2D eigenvalue weighted by Gasteiger charge is 2.30. The van der Waals surface area contributed by atoms with Crippen LogP contribution >= 0.6 is 11.3 Å². The summed E-state index contributed by atoms with van der Waals surface area (Å²) in [5.41, 5.74) is 0.714. The first kappa shape index (κ1) is 14.8. The van der Waals surface area contributed by atoms with Crippen LogP contribution in [0.3, 0.4) is 0 Å². The van der Waals surface area contributed by atoms with Gasteiger partial charge in [0.2, 0.25) is 11.8 Å². The van der Waals surface area contributed by atoms with Gasteiger partial charge in [0, 0.05) is 24.0 Å². The lowest BCUT2D eigenvalue weighted by Crippen LogP contribution is -2.45. The smallest absolute Gasteiger partial charge is 0.304 e. The molecule has 1 aromatic heterocycles. The quantitative estimate of drug-likeness (QED) is 0.858. The molecule has 1 unspecified atom stereocenters. The van der Waals surface area contributed by atoms with Crippen LogP contribution < -0.4 is 10.2 Å². The van der Waals surface area contributed by atoms with Crippen LogP contribution in [0, 0.1) is 5.92 Å². The van der Waals surface area contributed by atoms with E-state index < -0.39 is 6.04 Å². The van der Waals surface area contributed by atoms with Gasteiger partial charge < -0.3 is 15.2 Å². The fraction of sp³-hybridized carbons (Fsp3) is 0.615. The lowest BCUT2D eigenvalue weighted by atomic mass is 10.0. The molecule has 20 heavy (non-hydrogen) atoms. The van der Waals surface area contributed by atoms with E-state index in [1.165, 1.54) is 0 Å². The number of rotatable bonds is 4. The minimum absolute atomic E-state index is 0.0726. The van der Waals surface area contributed by atoms with Crippen LogP contribution in [0.1, 0.15) is 32.4 Å². The molecular formula is C13H19N3O3S. The molecule has 1 aliphatic heterocycles. The number of amides is 2. The number of thiazole rings is 1. The molecule has 2 N–H and O–H groups in total. The zero-order valence-corrected chi connectivity index (χ0v) is 12.5. The van der Waals surface area contributed by atoms with E-state index in [-0.39, 0.29) is 16.7 Å². The van der Waals surface area contributed by atoms with Crippen LogP contribution in [0.2, 0.25) is 0 Å². The average molecular weight is 297 g/mol. The van der Waals surface area contributed by atoms with E-state index in [1.54, 1.807) is 10.3 Å². The van der Waals surface area contributed by atoms with Crippen molar-refractivity contribution in [2.75, 3.05) is 6.54 Å². The van der Waals surface area contributed by atoms with Gasteiger partial charge in [0.1, 0.15) is 6.04 Å². The second-order valence-electron chi connectivity index (χ2n) is 5.43. The molecule has 1 aromatic rings. The van der Waals surface area contributed by atoms with Gasteiger partial charge in [-0.25, -0.2) is 0 Å². The highest BCUT2D eigenvalue weighted by molar-refractivity contribution is 7.07. The minimum atomic E-state index is -0.463. The Kier molecular flexibility index (Phi) is 4.59. The first-order valence-corrected chi connectivity index (χ1v) is 7.58. The van der Waals surface area contributed by atoms with Crippen molar-refractivity contribution in [3.63, 3.8) is 0 Å². The highest BCUT2D eigenvalue weighted by atomic mass is 32.1. The van der Waals surface area contributed by atoms with Crippen molar-refractivity contribution in [2.24, 2.45) is 5.92 Å². The van der Waals surface area contributed by atoms with Crippen LogP contribution in [0.4, 0.5) is 0 Å². The Bertz CT molecular complexity index is 549. The van der Waals surface area contributed by atoms with E-state index in [9.17, 15) is 14.4 Å². The van der Waals surface area contributed by atoms with E-state index in [1.807, 2.05) is 13.8 Å². The molecule has 2 heterocycles. The first-order chi connectivity index (χ1) is 9.45. The second kappa shape index (κ2) is 6.21. The van der Waals surface area contributed by atoms with Crippen LogP contribution in [0.25, 0.3) is 0 Å². The van der Waals surface area contributed by atoms with Gasteiger partial charge in [0.05, 0.1) is 6.54 Å². The average Bonchev–Trinajstić information content (AvgIpc) is 2.72. The van der Waals surface area contributed by atoms with E-state index >= 15 is 0 Å². The number of aromatic nitrogens is 1. The topological polar surface area (TPSA) is 82.3 Å². The summed E-state index contributed by atoms with van der Waals surface area (Å²) in [5.74, 6) is 0.159. The predicted octanol–water partition coefficient (Wildman–Crippen LogP) is 0.700.